The van der Waals surface area contributed by atoms with Crippen LogP contribution in [0.3, 0.4) is 0 Å². The van der Waals surface area contributed by atoms with Crippen LogP contribution in [0.1, 0.15) is 43.5 Å². The van der Waals surface area contributed by atoms with E-state index in [0.29, 0.717) is 47.4 Å². The molecule has 2 amide bonds. The van der Waals surface area contributed by atoms with Crippen molar-refractivity contribution in [2.45, 2.75) is 45.2 Å². The van der Waals surface area contributed by atoms with Crippen LogP contribution in [0.25, 0.3) is 0 Å². The molecule has 4 rings (SSSR count). The summed E-state index contributed by atoms with van der Waals surface area (Å²) in [6, 6.07) is 5.12. The molecule has 0 spiro atoms. The van der Waals surface area contributed by atoms with Crippen molar-refractivity contribution in [3.63, 3.8) is 0 Å². The van der Waals surface area contributed by atoms with Gasteiger partial charge in [-0.25, -0.2) is 9.99 Å². The van der Waals surface area contributed by atoms with Crippen molar-refractivity contribution in [1.82, 2.24) is 25.2 Å². The third kappa shape index (κ3) is 5.47. The van der Waals surface area contributed by atoms with Gasteiger partial charge >= 0.3 is 0 Å². The first-order valence-corrected chi connectivity index (χ1v) is 12.9. The number of anilines is 4. The summed E-state index contributed by atoms with van der Waals surface area (Å²) in [6.07, 6.45) is 4.19. The van der Waals surface area contributed by atoms with E-state index < -0.39 is 0 Å². The number of benzene rings is 1. The summed E-state index contributed by atoms with van der Waals surface area (Å²) in [5.74, 6) is 1.44. The standard InChI is InChI=1S/C26H38N8O3/c1-7-20-25(36)33(5)21-16-27-26(30-23(21)34(20)32(4)8-2)29-19-10-9-17(15-22(19)37-6)24(35)28-18-11-13-31(3)14-12-18/h9-10,15-16,18,20H,7-8,11-14H2,1-6H3,(H,28,35)(H,27,29,30). The maximum absolute atomic E-state index is 13.0. The van der Waals surface area contributed by atoms with Gasteiger partial charge in [0.05, 0.1) is 19.0 Å². The van der Waals surface area contributed by atoms with Crippen LogP contribution in [0.15, 0.2) is 24.4 Å². The molecule has 2 N–H and O–H groups in total. The van der Waals surface area contributed by atoms with Crippen LogP contribution >= 0.6 is 0 Å². The molecule has 11 heteroatoms. The molecule has 2 aliphatic rings. The molecule has 1 atom stereocenters. The van der Waals surface area contributed by atoms with Gasteiger partial charge in [-0.15, -0.1) is 0 Å². The lowest BCUT2D eigenvalue weighted by molar-refractivity contribution is -0.120. The number of hydrazine groups is 1. The largest absolute Gasteiger partial charge is 0.495 e. The van der Waals surface area contributed by atoms with Gasteiger partial charge < -0.3 is 25.2 Å². The summed E-state index contributed by atoms with van der Waals surface area (Å²) >= 11 is 0. The van der Waals surface area contributed by atoms with Crippen LogP contribution in [0, 0.1) is 0 Å². The van der Waals surface area contributed by atoms with E-state index in [1.54, 1.807) is 43.5 Å². The Balaban J connectivity index is 1.57. The summed E-state index contributed by atoms with van der Waals surface area (Å²) in [4.78, 5) is 39.0. The number of hydrogen-bond acceptors (Lipinski definition) is 9. The number of likely N-dealkylation sites (tertiary alicyclic amines) is 1. The van der Waals surface area contributed by atoms with E-state index in [0.717, 1.165) is 25.9 Å². The van der Waals surface area contributed by atoms with E-state index in [9.17, 15) is 9.59 Å². The third-order valence-electron chi connectivity index (χ3n) is 7.22. The quantitative estimate of drug-likeness (QED) is 0.554. The highest BCUT2D eigenvalue weighted by atomic mass is 16.5. The zero-order chi connectivity index (χ0) is 26.7. The average molecular weight is 511 g/mol. The molecule has 2 aliphatic heterocycles. The van der Waals surface area contributed by atoms with Crippen LogP contribution in [0.4, 0.5) is 23.1 Å². The second-order valence-corrected chi connectivity index (χ2v) is 9.63. The number of nitrogens with zero attached hydrogens (tertiary/aromatic N) is 6. The molecule has 200 valence electrons. The Bertz CT molecular complexity index is 1130. The molecule has 0 aliphatic carbocycles. The van der Waals surface area contributed by atoms with Crippen LogP contribution in [-0.2, 0) is 4.79 Å². The van der Waals surface area contributed by atoms with Gasteiger partial charge in [0.15, 0.2) is 5.82 Å². The number of rotatable bonds is 8. The number of amides is 2. The lowest BCUT2D eigenvalue weighted by Crippen LogP contribution is -2.58. The highest BCUT2D eigenvalue weighted by molar-refractivity contribution is 6.04. The summed E-state index contributed by atoms with van der Waals surface area (Å²) in [7, 11) is 7.36. The number of nitrogens with one attached hydrogen (secondary N) is 2. The van der Waals surface area contributed by atoms with Gasteiger partial charge in [-0.1, -0.05) is 13.8 Å². The first-order valence-electron chi connectivity index (χ1n) is 12.9. The number of piperidine rings is 1. The Hall–Kier alpha value is -3.44. The number of aromatic nitrogens is 2. The van der Waals surface area contributed by atoms with E-state index in [2.05, 4.69) is 27.6 Å². The van der Waals surface area contributed by atoms with Crippen LogP contribution in [-0.4, -0.2) is 91.7 Å². The van der Waals surface area contributed by atoms with E-state index >= 15 is 0 Å². The normalized spacial score (nSPS) is 18.7. The zero-order valence-corrected chi connectivity index (χ0v) is 22.6. The predicted molar refractivity (Wildman–Crippen MR) is 145 cm³/mol. The number of methoxy groups -OCH3 is 1. The third-order valence-corrected chi connectivity index (χ3v) is 7.22. The molecule has 1 aromatic carbocycles. The van der Waals surface area contributed by atoms with Crippen molar-refractivity contribution < 1.29 is 14.3 Å². The van der Waals surface area contributed by atoms with Gasteiger partial charge in [0.25, 0.3) is 11.8 Å². The van der Waals surface area contributed by atoms with Crippen molar-refractivity contribution in [3.05, 3.63) is 30.0 Å². The highest BCUT2D eigenvalue weighted by Gasteiger charge is 2.39. The summed E-state index contributed by atoms with van der Waals surface area (Å²) in [6.45, 7) is 6.70. The zero-order valence-electron chi connectivity index (χ0n) is 22.6. The molecule has 1 aromatic heterocycles. The fourth-order valence-electron chi connectivity index (χ4n) is 4.80. The first-order chi connectivity index (χ1) is 17.8. The maximum Gasteiger partial charge on any atom is 0.251 e. The molecule has 0 saturated carbocycles. The molecule has 1 fully saturated rings. The topological polar surface area (TPSA) is 106 Å². The van der Waals surface area contributed by atoms with Gasteiger partial charge in [0.1, 0.15) is 17.5 Å². The fraction of sp³-hybridized carbons (Fsp3) is 0.538. The van der Waals surface area contributed by atoms with E-state index in [1.807, 2.05) is 30.9 Å². The summed E-state index contributed by atoms with van der Waals surface area (Å²) in [5.41, 5.74) is 1.82. The Kier molecular flexibility index (Phi) is 8.13. The Morgan fingerprint density at radius 1 is 1.22 bits per heavy atom. The second-order valence-electron chi connectivity index (χ2n) is 9.63. The Labute approximate surface area is 218 Å². The Morgan fingerprint density at radius 3 is 2.59 bits per heavy atom. The Morgan fingerprint density at radius 2 is 1.95 bits per heavy atom. The average Bonchev–Trinajstić information content (AvgIpc) is 2.91. The minimum absolute atomic E-state index is 0.00962. The number of ether oxygens (including phenoxy) is 1. The van der Waals surface area contributed by atoms with Crippen molar-refractivity contribution in [1.29, 1.82) is 0 Å². The molecule has 0 bridgehead atoms. The first kappa shape index (κ1) is 26.6. The molecule has 11 nitrogen and oxygen atoms in total. The predicted octanol–water partition coefficient (Wildman–Crippen LogP) is 2.48. The molecule has 2 aromatic rings. The minimum atomic E-state index is -0.345. The van der Waals surface area contributed by atoms with Gasteiger partial charge in [0, 0.05) is 32.2 Å². The van der Waals surface area contributed by atoms with Crippen molar-refractivity contribution in [2.24, 2.45) is 0 Å². The number of likely N-dealkylation sites (N-methyl/N-ethyl adjacent to an activating group) is 1. The SMILES string of the molecule is CCC1C(=O)N(C)c2cnc(Nc3ccc(C(=O)NC4CCN(C)CC4)cc3OC)nc2N1N(C)CC. The van der Waals surface area contributed by atoms with Crippen LogP contribution < -0.4 is 25.3 Å². The molecule has 1 unspecified atom stereocenters. The van der Waals surface area contributed by atoms with Crippen molar-refractivity contribution in [2.75, 3.05) is 63.1 Å². The number of carbonyl (C=O) groups excluding carboxylic acids is 2. The lowest BCUT2D eigenvalue weighted by Gasteiger charge is -2.44. The maximum atomic E-state index is 13.0. The highest BCUT2D eigenvalue weighted by Crippen LogP contribution is 2.36. The second kappa shape index (κ2) is 11.3. The summed E-state index contributed by atoms with van der Waals surface area (Å²) < 4.78 is 5.59. The smallest absolute Gasteiger partial charge is 0.251 e. The monoisotopic (exact) mass is 510 g/mol. The van der Waals surface area contributed by atoms with Crippen LogP contribution in [0.5, 0.6) is 5.75 Å². The lowest BCUT2D eigenvalue weighted by atomic mass is 10.0. The molecule has 1 saturated heterocycles. The van der Waals surface area contributed by atoms with E-state index in [1.165, 1.54) is 0 Å². The fourth-order valence-corrected chi connectivity index (χ4v) is 4.80. The summed E-state index contributed by atoms with van der Waals surface area (Å²) in [5, 5.41) is 10.3. The van der Waals surface area contributed by atoms with E-state index in [4.69, 9.17) is 9.72 Å². The van der Waals surface area contributed by atoms with Crippen molar-refractivity contribution >= 4 is 35.0 Å². The van der Waals surface area contributed by atoms with Crippen LogP contribution in [0.2, 0.25) is 0 Å². The van der Waals surface area contributed by atoms with Gasteiger partial charge in [-0.3, -0.25) is 14.6 Å². The molecular formula is C26H38N8O3. The van der Waals surface area contributed by atoms with Gasteiger partial charge in [-0.2, -0.15) is 4.98 Å². The molecular weight excluding hydrogens is 472 g/mol. The van der Waals surface area contributed by atoms with Gasteiger partial charge in [-0.05, 0) is 57.6 Å². The number of carbonyl (C=O) groups is 2. The minimum Gasteiger partial charge on any atom is -0.495 e. The molecule has 37 heavy (non-hydrogen) atoms. The number of fused-ring (bicyclic) bond motifs is 1. The molecule has 0 radical (unpaired) electrons. The van der Waals surface area contributed by atoms with Crippen molar-refractivity contribution in [3.8, 4) is 5.75 Å². The molecule has 3 heterocycles. The van der Waals surface area contributed by atoms with E-state index in [-0.39, 0.29) is 23.9 Å². The van der Waals surface area contributed by atoms with Gasteiger partial charge in [0.2, 0.25) is 5.95 Å². The number of hydrogen-bond donors (Lipinski definition) is 2.